The van der Waals surface area contributed by atoms with E-state index in [-0.39, 0.29) is 11.8 Å². The maximum Gasteiger partial charge on any atom is 0.252 e. The van der Waals surface area contributed by atoms with Crippen LogP contribution in [-0.2, 0) is 11.2 Å². The van der Waals surface area contributed by atoms with Gasteiger partial charge in [0.1, 0.15) is 5.60 Å². The second-order valence-corrected chi connectivity index (χ2v) is 6.99. The SMILES string of the molecule is CC1CCC(C(C)C)C(O)(C(=O)NCCc2ccccn2)C1. The van der Waals surface area contributed by atoms with Crippen LogP contribution in [0.3, 0.4) is 0 Å². The van der Waals surface area contributed by atoms with E-state index in [1.54, 1.807) is 6.20 Å². The fraction of sp³-hybridized carbons (Fsp3) is 0.667. The number of pyridine rings is 1. The zero-order valence-corrected chi connectivity index (χ0v) is 13.9. The molecule has 1 fully saturated rings. The highest BCUT2D eigenvalue weighted by Gasteiger charge is 2.48. The van der Waals surface area contributed by atoms with Crippen molar-refractivity contribution in [3.8, 4) is 0 Å². The smallest absolute Gasteiger partial charge is 0.252 e. The van der Waals surface area contributed by atoms with Crippen molar-refractivity contribution in [1.82, 2.24) is 10.3 Å². The summed E-state index contributed by atoms with van der Waals surface area (Å²) in [7, 11) is 0. The topological polar surface area (TPSA) is 62.2 Å². The quantitative estimate of drug-likeness (QED) is 0.879. The van der Waals surface area contributed by atoms with E-state index in [9.17, 15) is 9.90 Å². The number of aromatic nitrogens is 1. The van der Waals surface area contributed by atoms with E-state index in [4.69, 9.17) is 0 Å². The van der Waals surface area contributed by atoms with E-state index in [0.717, 1.165) is 18.5 Å². The molecule has 0 aromatic carbocycles. The Morgan fingerprint density at radius 1 is 1.45 bits per heavy atom. The first-order valence-electron chi connectivity index (χ1n) is 8.34. The summed E-state index contributed by atoms with van der Waals surface area (Å²) in [5, 5.41) is 13.9. The van der Waals surface area contributed by atoms with Crippen LogP contribution in [0.15, 0.2) is 24.4 Å². The second kappa shape index (κ2) is 7.23. The number of amides is 1. The van der Waals surface area contributed by atoms with Gasteiger partial charge in [-0.05, 0) is 42.7 Å². The molecule has 0 radical (unpaired) electrons. The van der Waals surface area contributed by atoms with Crippen LogP contribution in [0, 0.1) is 17.8 Å². The minimum absolute atomic E-state index is 0.0403. The lowest BCUT2D eigenvalue weighted by Gasteiger charge is -2.43. The molecule has 1 aliphatic rings. The van der Waals surface area contributed by atoms with Crippen molar-refractivity contribution < 1.29 is 9.90 Å². The van der Waals surface area contributed by atoms with Gasteiger partial charge in [0.15, 0.2) is 0 Å². The van der Waals surface area contributed by atoms with Gasteiger partial charge in [0, 0.05) is 24.9 Å². The summed E-state index contributed by atoms with van der Waals surface area (Å²) in [6, 6.07) is 5.76. The first-order valence-corrected chi connectivity index (χ1v) is 8.34. The molecule has 4 nitrogen and oxygen atoms in total. The number of hydrogen-bond acceptors (Lipinski definition) is 3. The lowest BCUT2D eigenvalue weighted by molar-refractivity contribution is -0.155. The average Bonchev–Trinajstić information content (AvgIpc) is 2.47. The van der Waals surface area contributed by atoms with Gasteiger partial charge in [-0.2, -0.15) is 0 Å². The van der Waals surface area contributed by atoms with Crippen LogP contribution in [0.5, 0.6) is 0 Å². The Kier molecular flexibility index (Phi) is 5.57. The summed E-state index contributed by atoms with van der Waals surface area (Å²) >= 11 is 0. The zero-order valence-electron chi connectivity index (χ0n) is 13.9. The minimum Gasteiger partial charge on any atom is -0.380 e. The molecular weight excluding hydrogens is 276 g/mol. The zero-order chi connectivity index (χ0) is 16.2. The number of nitrogens with one attached hydrogen (secondary N) is 1. The highest BCUT2D eigenvalue weighted by molar-refractivity contribution is 5.85. The van der Waals surface area contributed by atoms with Crippen molar-refractivity contribution in [3.63, 3.8) is 0 Å². The molecule has 0 spiro atoms. The maximum absolute atomic E-state index is 12.6. The van der Waals surface area contributed by atoms with Crippen molar-refractivity contribution in [2.24, 2.45) is 17.8 Å². The molecule has 0 aliphatic heterocycles. The number of rotatable bonds is 5. The average molecular weight is 304 g/mol. The minimum atomic E-state index is -1.23. The van der Waals surface area contributed by atoms with Crippen LogP contribution < -0.4 is 5.32 Å². The summed E-state index contributed by atoms with van der Waals surface area (Å²) in [6.45, 7) is 6.81. The van der Waals surface area contributed by atoms with Crippen LogP contribution in [0.4, 0.5) is 0 Å². The summed E-state index contributed by atoms with van der Waals surface area (Å²) in [6.07, 6.45) is 5.01. The summed E-state index contributed by atoms with van der Waals surface area (Å²) in [5.41, 5.74) is -0.275. The number of aliphatic hydroxyl groups is 1. The molecule has 1 amide bonds. The first-order chi connectivity index (χ1) is 10.4. The second-order valence-electron chi connectivity index (χ2n) is 6.99. The van der Waals surface area contributed by atoms with Gasteiger partial charge in [-0.25, -0.2) is 0 Å². The number of hydrogen-bond donors (Lipinski definition) is 2. The van der Waals surface area contributed by atoms with Gasteiger partial charge in [-0.1, -0.05) is 33.3 Å². The Labute approximate surface area is 133 Å². The van der Waals surface area contributed by atoms with Crippen molar-refractivity contribution in [3.05, 3.63) is 30.1 Å². The van der Waals surface area contributed by atoms with Crippen LogP contribution >= 0.6 is 0 Å². The molecular formula is C18H28N2O2. The number of carbonyl (C=O) groups is 1. The highest BCUT2D eigenvalue weighted by atomic mass is 16.3. The fourth-order valence-electron chi connectivity index (χ4n) is 3.64. The Morgan fingerprint density at radius 3 is 2.86 bits per heavy atom. The molecule has 1 aromatic rings. The third kappa shape index (κ3) is 3.86. The van der Waals surface area contributed by atoms with Gasteiger partial charge < -0.3 is 10.4 Å². The Hall–Kier alpha value is -1.42. The molecule has 3 unspecified atom stereocenters. The molecule has 1 heterocycles. The predicted molar refractivity (Wildman–Crippen MR) is 87.2 cm³/mol. The monoisotopic (exact) mass is 304 g/mol. The highest BCUT2D eigenvalue weighted by Crippen LogP contribution is 2.41. The molecule has 3 atom stereocenters. The normalized spacial score (nSPS) is 28.6. The number of carbonyl (C=O) groups excluding carboxylic acids is 1. The van der Waals surface area contributed by atoms with Gasteiger partial charge >= 0.3 is 0 Å². The Morgan fingerprint density at radius 2 is 2.23 bits per heavy atom. The molecule has 0 bridgehead atoms. The molecule has 1 aliphatic carbocycles. The Balaban J connectivity index is 1.96. The van der Waals surface area contributed by atoms with E-state index in [1.807, 2.05) is 18.2 Å². The summed E-state index contributed by atoms with van der Waals surface area (Å²) in [4.78, 5) is 16.8. The van der Waals surface area contributed by atoms with E-state index in [0.29, 0.717) is 31.2 Å². The summed E-state index contributed by atoms with van der Waals surface area (Å²) < 4.78 is 0. The molecule has 122 valence electrons. The third-order valence-electron chi connectivity index (χ3n) is 4.83. The third-order valence-corrected chi connectivity index (χ3v) is 4.83. The lowest BCUT2D eigenvalue weighted by Crippen LogP contribution is -2.56. The number of nitrogens with zero attached hydrogens (tertiary/aromatic N) is 1. The van der Waals surface area contributed by atoms with Crippen molar-refractivity contribution in [2.75, 3.05) is 6.54 Å². The maximum atomic E-state index is 12.6. The van der Waals surface area contributed by atoms with Crippen LogP contribution in [0.2, 0.25) is 0 Å². The van der Waals surface area contributed by atoms with Gasteiger partial charge in [0.2, 0.25) is 0 Å². The summed E-state index contributed by atoms with van der Waals surface area (Å²) in [5.74, 6) is 0.521. The molecule has 22 heavy (non-hydrogen) atoms. The van der Waals surface area contributed by atoms with Crippen molar-refractivity contribution in [2.45, 2.75) is 52.1 Å². The first kappa shape index (κ1) is 16.9. The molecule has 1 saturated carbocycles. The molecule has 0 saturated heterocycles. The Bertz CT molecular complexity index is 489. The lowest BCUT2D eigenvalue weighted by atomic mass is 9.66. The standard InChI is InChI=1S/C18H28N2O2/c1-13(2)16-8-7-14(3)12-18(16,22)17(21)20-11-9-15-6-4-5-10-19-15/h4-6,10,13-14,16,22H,7-9,11-12H2,1-3H3,(H,20,21). The molecule has 1 aromatic heterocycles. The van der Waals surface area contributed by atoms with Crippen LogP contribution in [0.25, 0.3) is 0 Å². The van der Waals surface area contributed by atoms with E-state index >= 15 is 0 Å². The van der Waals surface area contributed by atoms with Crippen LogP contribution in [0.1, 0.15) is 45.7 Å². The van der Waals surface area contributed by atoms with Gasteiger partial charge in [-0.15, -0.1) is 0 Å². The van der Waals surface area contributed by atoms with E-state index < -0.39 is 5.60 Å². The molecule has 4 heteroatoms. The van der Waals surface area contributed by atoms with Gasteiger partial charge in [-0.3, -0.25) is 9.78 Å². The van der Waals surface area contributed by atoms with Gasteiger partial charge in [0.05, 0.1) is 0 Å². The van der Waals surface area contributed by atoms with Gasteiger partial charge in [0.25, 0.3) is 5.91 Å². The van der Waals surface area contributed by atoms with Crippen molar-refractivity contribution >= 4 is 5.91 Å². The van der Waals surface area contributed by atoms with Crippen LogP contribution in [-0.4, -0.2) is 28.1 Å². The fourth-order valence-corrected chi connectivity index (χ4v) is 3.64. The predicted octanol–water partition coefficient (Wildman–Crippen LogP) is 2.56. The largest absolute Gasteiger partial charge is 0.380 e. The van der Waals surface area contributed by atoms with E-state index in [1.165, 1.54) is 0 Å². The molecule has 2 N–H and O–H groups in total. The molecule has 2 rings (SSSR count). The van der Waals surface area contributed by atoms with Crippen molar-refractivity contribution in [1.29, 1.82) is 0 Å². The van der Waals surface area contributed by atoms with E-state index in [2.05, 4.69) is 31.1 Å².